The number of anilines is 1. The Hall–Kier alpha value is -1.60. The van der Waals surface area contributed by atoms with Crippen molar-refractivity contribution in [1.29, 1.82) is 0 Å². The van der Waals surface area contributed by atoms with Gasteiger partial charge >= 0.3 is 6.03 Å². The summed E-state index contributed by atoms with van der Waals surface area (Å²) in [5.41, 5.74) is 3.01. The van der Waals surface area contributed by atoms with E-state index in [0.717, 1.165) is 42.5 Å². The molecule has 0 unspecified atom stereocenters. The van der Waals surface area contributed by atoms with E-state index in [-0.39, 0.29) is 11.3 Å². The lowest BCUT2D eigenvalue weighted by molar-refractivity contribution is 0.240. The Morgan fingerprint density at radius 2 is 1.68 bits per heavy atom. The maximum Gasteiger partial charge on any atom is 0.319 e. The summed E-state index contributed by atoms with van der Waals surface area (Å²) >= 11 is 0. The number of urea groups is 1. The number of carbonyl (C=O) groups is 1. The minimum atomic E-state index is -3.06. The average Bonchev–Trinajstić information content (AvgIpc) is 3.37. The fraction of sp³-hybridized carbons (Fsp3) is 0.611. The van der Waals surface area contributed by atoms with Gasteiger partial charge in [-0.1, -0.05) is 6.07 Å². The number of hydrogen-bond donors (Lipinski definition) is 2. The maximum atomic E-state index is 12.2. The molecule has 138 valence electrons. The third kappa shape index (κ3) is 4.73. The Labute approximate surface area is 150 Å². The predicted molar refractivity (Wildman–Crippen MR) is 99.2 cm³/mol. The van der Waals surface area contributed by atoms with Gasteiger partial charge < -0.3 is 10.6 Å². The van der Waals surface area contributed by atoms with E-state index in [1.54, 1.807) is 4.31 Å². The Bertz CT molecular complexity index is 716. The molecule has 0 bridgehead atoms. The number of sulfonamides is 1. The van der Waals surface area contributed by atoms with Crippen LogP contribution in [0.2, 0.25) is 0 Å². The summed E-state index contributed by atoms with van der Waals surface area (Å²) in [6, 6.07) is 5.73. The van der Waals surface area contributed by atoms with Crippen molar-refractivity contribution < 1.29 is 13.2 Å². The van der Waals surface area contributed by atoms with Crippen molar-refractivity contribution in [2.75, 3.05) is 25.0 Å². The second-order valence-electron chi connectivity index (χ2n) is 7.30. The lowest BCUT2D eigenvalue weighted by atomic mass is 9.98. The molecule has 0 atom stereocenters. The molecule has 1 aromatic rings. The van der Waals surface area contributed by atoms with Gasteiger partial charge in [-0.05, 0) is 68.7 Å². The van der Waals surface area contributed by atoms with Crippen molar-refractivity contribution >= 4 is 21.7 Å². The number of carbonyl (C=O) groups excluding carboxylic acids is 1. The molecule has 1 aliphatic carbocycles. The van der Waals surface area contributed by atoms with E-state index in [9.17, 15) is 13.2 Å². The normalized spacial score (nSPS) is 19.6. The van der Waals surface area contributed by atoms with Crippen LogP contribution in [0.3, 0.4) is 0 Å². The first-order valence-corrected chi connectivity index (χ1v) is 10.5. The van der Waals surface area contributed by atoms with Crippen molar-refractivity contribution in [3.63, 3.8) is 0 Å². The highest BCUT2D eigenvalue weighted by atomic mass is 32.2. The molecule has 2 fully saturated rings. The van der Waals surface area contributed by atoms with Crippen molar-refractivity contribution in [3.05, 3.63) is 29.3 Å². The first-order chi connectivity index (χ1) is 11.8. The number of hydrogen-bond acceptors (Lipinski definition) is 3. The molecular formula is C18H27N3O3S. The summed E-state index contributed by atoms with van der Waals surface area (Å²) in [4.78, 5) is 12.1. The van der Waals surface area contributed by atoms with Gasteiger partial charge in [0.1, 0.15) is 0 Å². The van der Waals surface area contributed by atoms with Crippen LogP contribution in [-0.4, -0.2) is 43.6 Å². The van der Waals surface area contributed by atoms with E-state index >= 15 is 0 Å². The summed E-state index contributed by atoms with van der Waals surface area (Å²) in [7, 11) is -3.06. The van der Waals surface area contributed by atoms with Crippen LogP contribution in [0.1, 0.15) is 36.8 Å². The number of piperidine rings is 1. The van der Waals surface area contributed by atoms with Gasteiger partial charge in [-0.25, -0.2) is 17.5 Å². The zero-order valence-corrected chi connectivity index (χ0v) is 15.7. The maximum absolute atomic E-state index is 12.2. The summed E-state index contributed by atoms with van der Waals surface area (Å²) in [6.07, 6.45) is 3.22. The van der Waals surface area contributed by atoms with Crippen molar-refractivity contribution in [2.45, 2.75) is 44.8 Å². The molecule has 0 radical (unpaired) electrons. The Kier molecular flexibility index (Phi) is 5.34. The lowest BCUT2D eigenvalue weighted by Gasteiger charge is -2.31. The van der Waals surface area contributed by atoms with Gasteiger partial charge in [-0.15, -0.1) is 0 Å². The molecule has 2 N–H and O–H groups in total. The molecule has 0 aromatic heterocycles. The molecule has 0 spiro atoms. The fourth-order valence-corrected chi connectivity index (χ4v) is 5.28. The number of amides is 2. The number of aryl methyl sites for hydroxylation is 2. The number of nitrogens with one attached hydrogen (secondary N) is 2. The third-order valence-corrected chi connectivity index (χ3v) is 7.31. The second-order valence-corrected chi connectivity index (χ2v) is 9.51. The third-order valence-electron chi connectivity index (χ3n) is 4.91. The highest BCUT2D eigenvalue weighted by Gasteiger charge is 2.41. The van der Waals surface area contributed by atoms with Crippen LogP contribution in [-0.2, 0) is 10.0 Å². The molecule has 25 heavy (non-hydrogen) atoms. The van der Waals surface area contributed by atoms with Gasteiger partial charge in [0.15, 0.2) is 0 Å². The minimum Gasteiger partial charge on any atom is -0.338 e. The molecule has 7 heteroatoms. The predicted octanol–water partition coefficient (Wildman–Crippen LogP) is 2.63. The van der Waals surface area contributed by atoms with Gasteiger partial charge in [-0.3, -0.25) is 0 Å². The zero-order valence-electron chi connectivity index (χ0n) is 14.9. The monoisotopic (exact) mass is 365 g/mol. The van der Waals surface area contributed by atoms with Crippen LogP contribution in [0.4, 0.5) is 10.5 Å². The van der Waals surface area contributed by atoms with Gasteiger partial charge in [0.2, 0.25) is 10.0 Å². The van der Waals surface area contributed by atoms with Crippen LogP contribution in [0.5, 0.6) is 0 Å². The van der Waals surface area contributed by atoms with Crippen LogP contribution in [0.25, 0.3) is 0 Å². The topological polar surface area (TPSA) is 78.5 Å². The molecule has 1 saturated carbocycles. The van der Waals surface area contributed by atoms with Gasteiger partial charge in [0, 0.05) is 25.3 Å². The molecule has 6 nitrogen and oxygen atoms in total. The van der Waals surface area contributed by atoms with Gasteiger partial charge in [0.05, 0.1) is 5.25 Å². The van der Waals surface area contributed by atoms with E-state index < -0.39 is 10.0 Å². The molecule has 1 aromatic carbocycles. The Morgan fingerprint density at radius 1 is 1.08 bits per heavy atom. The first kappa shape index (κ1) is 18.2. The van der Waals surface area contributed by atoms with Crippen molar-refractivity contribution in [1.82, 2.24) is 9.62 Å². The van der Waals surface area contributed by atoms with Crippen molar-refractivity contribution in [2.24, 2.45) is 5.92 Å². The molecule has 1 heterocycles. The van der Waals surface area contributed by atoms with Crippen LogP contribution >= 0.6 is 0 Å². The summed E-state index contributed by atoms with van der Waals surface area (Å²) in [5.74, 6) is 0.329. The first-order valence-electron chi connectivity index (χ1n) is 8.97. The lowest BCUT2D eigenvalue weighted by Crippen LogP contribution is -2.43. The molecule has 1 saturated heterocycles. The van der Waals surface area contributed by atoms with E-state index in [0.29, 0.717) is 25.6 Å². The summed E-state index contributed by atoms with van der Waals surface area (Å²) in [5, 5.41) is 5.64. The zero-order chi connectivity index (χ0) is 18.0. The van der Waals surface area contributed by atoms with Crippen molar-refractivity contribution in [3.8, 4) is 0 Å². The standard InChI is InChI=1S/C18H27N3O3S/c1-13-9-14(2)11-16(10-13)20-18(22)19-12-15-5-7-21(8-6-15)25(23,24)17-3-4-17/h9-11,15,17H,3-8,12H2,1-2H3,(H2,19,20,22). The fourth-order valence-electron chi connectivity index (χ4n) is 3.40. The van der Waals surface area contributed by atoms with Gasteiger partial charge in [-0.2, -0.15) is 0 Å². The SMILES string of the molecule is Cc1cc(C)cc(NC(=O)NCC2CCN(S(=O)(=O)C3CC3)CC2)c1. The van der Waals surface area contributed by atoms with E-state index in [4.69, 9.17) is 0 Å². The second kappa shape index (κ2) is 7.33. The van der Waals surface area contributed by atoms with E-state index in [1.807, 2.05) is 26.0 Å². The molecular weight excluding hydrogens is 338 g/mol. The highest BCUT2D eigenvalue weighted by Crippen LogP contribution is 2.33. The number of nitrogens with zero attached hydrogens (tertiary/aromatic N) is 1. The molecule has 1 aliphatic heterocycles. The quantitative estimate of drug-likeness (QED) is 0.842. The molecule has 2 aliphatic rings. The Morgan fingerprint density at radius 3 is 2.24 bits per heavy atom. The molecule has 2 amide bonds. The highest BCUT2D eigenvalue weighted by molar-refractivity contribution is 7.90. The average molecular weight is 365 g/mol. The Balaban J connectivity index is 1.43. The largest absolute Gasteiger partial charge is 0.338 e. The smallest absolute Gasteiger partial charge is 0.319 e. The van der Waals surface area contributed by atoms with Crippen LogP contribution in [0, 0.1) is 19.8 Å². The molecule has 3 rings (SSSR count). The van der Waals surface area contributed by atoms with E-state index in [2.05, 4.69) is 16.7 Å². The minimum absolute atomic E-state index is 0.134. The summed E-state index contributed by atoms with van der Waals surface area (Å²) < 4.78 is 26.1. The number of rotatable bonds is 5. The van der Waals surface area contributed by atoms with Crippen LogP contribution in [0.15, 0.2) is 18.2 Å². The number of benzene rings is 1. The van der Waals surface area contributed by atoms with Gasteiger partial charge in [0.25, 0.3) is 0 Å². The summed E-state index contributed by atoms with van der Waals surface area (Å²) in [6.45, 7) is 5.72. The van der Waals surface area contributed by atoms with E-state index in [1.165, 1.54) is 0 Å². The van der Waals surface area contributed by atoms with Crippen LogP contribution < -0.4 is 10.6 Å².